The molecule has 1 aliphatic heterocycles. The van der Waals surface area contributed by atoms with Crippen molar-refractivity contribution < 1.29 is 9.31 Å². The summed E-state index contributed by atoms with van der Waals surface area (Å²) >= 11 is 0. The third-order valence-electron chi connectivity index (χ3n) is 2.86. The van der Waals surface area contributed by atoms with Gasteiger partial charge in [0.1, 0.15) is 5.82 Å². The Morgan fingerprint density at radius 2 is 2.38 bits per heavy atom. The zero-order valence-electron chi connectivity index (χ0n) is 8.94. The van der Waals surface area contributed by atoms with Crippen molar-refractivity contribution in [3.63, 3.8) is 0 Å². The highest BCUT2D eigenvalue weighted by molar-refractivity contribution is 5.55. The SMILES string of the molecule is C[C@H]1C[C@@H](C[N+](=O)[O-])c2ccc(F)cc2N1. The minimum absolute atomic E-state index is 0.0926. The molecule has 1 aromatic carbocycles. The first kappa shape index (κ1) is 10.9. The maximum absolute atomic E-state index is 13.0. The molecule has 4 nitrogen and oxygen atoms in total. The lowest BCUT2D eigenvalue weighted by Gasteiger charge is -2.29. The number of halogens is 1. The fourth-order valence-corrected chi connectivity index (χ4v) is 2.24. The van der Waals surface area contributed by atoms with E-state index in [0.29, 0.717) is 12.1 Å². The molecule has 0 aliphatic carbocycles. The van der Waals surface area contributed by atoms with Gasteiger partial charge in [0.05, 0.1) is 5.92 Å². The maximum Gasteiger partial charge on any atom is 0.210 e. The van der Waals surface area contributed by atoms with E-state index in [4.69, 9.17) is 0 Å². The first-order chi connectivity index (χ1) is 7.56. The van der Waals surface area contributed by atoms with Crippen LogP contribution in [0.4, 0.5) is 10.1 Å². The summed E-state index contributed by atoms with van der Waals surface area (Å²) in [5, 5.41) is 13.7. The topological polar surface area (TPSA) is 55.2 Å². The van der Waals surface area contributed by atoms with Crippen LogP contribution in [0.1, 0.15) is 24.8 Å². The highest BCUT2D eigenvalue weighted by Gasteiger charge is 2.27. The third-order valence-corrected chi connectivity index (χ3v) is 2.86. The van der Waals surface area contributed by atoms with Crippen molar-refractivity contribution in [2.24, 2.45) is 0 Å². The van der Waals surface area contributed by atoms with Gasteiger partial charge in [-0.3, -0.25) is 10.1 Å². The van der Waals surface area contributed by atoms with Gasteiger partial charge in [0, 0.05) is 16.7 Å². The molecule has 5 heteroatoms. The van der Waals surface area contributed by atoms with Gasteiger partial charge in [0.2, 0.25) is 6.54 Å². The Morgan fingerprint density at radius 1 is 1.62 bits per heavy atom. The molecule has 0 unspecified atom stereocenters. The summed E-state index contributed by atoms with van der Waals surface area (Å²) in [5.41, 5.74) is 1.53. The van der Waals surface area contributed by atoms with E-state index >= 15 is 0 Å². The lowest BCUT2D eigenvalue weighted by atomic mass is 9.87. The molecule has 1 N–H and O–H groups in total. The van der Waals surface area contributed by atoms with Crippen LogP contribution < -0.4 is 5.32 Å². The Hall–Kier alpha value is -1.65. The minimum atomic E-state index is -0.319. The molecule has 0 radical (unpaired) electrons. The van der Waals surface area contributed by atoms with E-state index in [1.165, 1.54) is 12.1 Å². The van der Waals surface area contributed by atoms with E-state index in [0.717, 1.165) is 5.56 Å². The second-order valence-corrected chi connectivity index (χ2v) is 4.22. The minimum Gasteiger partial charge on any atom is -0.382 e. The first-order valence-electron chi connectivity index (χ1n) is 5.24. The number of hydrogen-bond acceptors (Lipinski definition) is 3. The van der Waals surface area contributed by atoms with Crippen molar-refractivity contribution in [1.29, 1.82) is 0 Å². The average Bonchev–Trinajstić information content (AvgIpc) is 2.15. The van der Waals surface area contributed by atoms with E-state index in [1.807, 2.05) is 6.92 Å². The van der Waals surface area contributed by atoms with Crippen molar-refractivity contribution in [3.8, 4) is 0 Å². The fraction of sp³-hybridized carbons (Fsp3) is 0.455. The van der Waals surface area contributed by atoms with Crippen LogP contribution >= 0.6 is 0 Å². The summed E-state index contributed by atoms with van der Waals surface area (Å²) < 4.78 is 13.0. The zero-order chi connectivity index (χ0) is 11.7. The molecule has 0 aromatic heterocycles. The van der Waals surface area contributed by atoms with Crippen LogP contribution in [0.2, 0.25) is 0 Å². The van der Waals surface area contributed by atoms with Crippen LogP contribution in [0, 0.1) is 15.9 Å². The molecule has 1 aromatic rings. The largest absolute Gasteiger partial charge is 0.382 e. The number of hydrogen-bond donors (Lipinski definition) is 1. The molecule has 0 saturated heterocycles. The van der Waals surface area contributed by atoms with Crippen molar-refractivity contribution in [3.05, 3.63) is 39.7 Å². The smallest absolute Gasteiger partial charge is 0.210 e. The summed E-state index contributed by atoms with van der Waals surface area (Å²) in [6.07, 6.45) is 0.708. The van der Waals surface area contributed by atoms with Gasteiger partial charge in [0.15, 0.2) is 0 Å². The van der Waals surface area contributed by atoms with E-state index in [9.17, 15) is 14.5 Å². The lowest BCUT2D eigenvalue weighted by molar-refractivity contribution is -0.483. The van der Waals surface area contributed by atoms with Gasteiger partial charge in [-0.1, -0.05) is 6.07 Å². The third kappa shape index (κ3) is 2.13. The van der Waals surface area contributed by atoms with Gasteiger partial charge in [-0.2, -0.15) is 0 Å². The highest BCUT2D eigenvalue weighted by Crippen LogP contribution is 2.34. The molecule has 0 saturated carbocycles. The normalized spacial score (nSPS) is 23.4. The molecule has 0 spiro atoms. The predicted octanol–water partition coefficient (Wildman–Crippen LogP) is 2.39. The summed E-state index contributed by atoms with van der Waals surface area (Å²) in [5.74, 6) is -0.443. The maximum atomic E-state index is 13.0. The number of anilines is 1. The monoisotopic (exact) mass is 224 g/mol. The van der Waals surface area contributed by atoms with Crippen LogP contribution in [0.25, 0.3) is 0 Å². The molecular weight excluding hydrogens is 211 g/mol. The second-order valence-electron chi connectivity index (χ2n) is 4.22. The molecule has 1 heterocycles. The van der Waals surface area contributed by atoms with Gasteiger partial charge >= 0.3 is 0 Å². The molecule has 16 heavy (non-hydrogen) atoms. The Balaban J connectivity index is 2.34. The zero-order valence-corrected chi connectivity index (χ0v) is 8.94. The van der Waals surface area contributed by atoms with Crippen LogP contribution in [0.5, 0.6) is 0 Å². The lowest BCUT2D eigenvalue weighted by Crippen LogP contribution is -2.28. The molecule has 2 atom stereocenters. The molecule has 0 bridgehead atoms. The second kappa shape index (κ2) is 4.08. The van der Waals surface area contributed by atoms with E-state index < -0.39 is 0 Å². The Labute approximate surface area is 92.6 Å². The molecule has 1 aliphatic rings. The fourth-order valence-electron chi connectivity index (χ4n) is 2.24. The summed E-state index contributed by atoms with van der Waals surface area (Å²) in [4.78, 5) is 10.3. The van der Waals surface area contributed by atoms with Gasteiger partial charge in [-0.05, 0) is 31.0 Å². The van der Waals surface area contributed by atoms with Gasteiger partial charge < -0.3 is 5.32 Å². The van der Waals surface area contributed by atoms with Crippen LogP contribution in [0.15, 0.2) is 18.2 Å². The van der Waals surface area contributed by atoms with E-state index in [1.54, 1.807) is 6.07 Å². The Kier molecular flexibility index (Phi) is 2.77. The number of benzene rings is 1. The van der Waals surface area contributed by atoms with E-state index in [-0.39, 0.29) is 29.2 Å². The van der Waals surface area contributed by atoms with Crippen molar-refractivity contribution in [2.45, 2.75) is 25.3 Å². The predicted molar refractivity (Wildman–Crippen MR) is 58.7 cm³/mol. The standard InChI is InChI=1S/C11H13FN2O2/c1-7-4-8(6-14(15)16)10-3-2-9(12)5-11(10)13-7/h2-3,5,7-8,13H,4,6H2,1H3/t7-,8-/m0/s1. The average molecular weight is 224 g/mol. The van der Waals surface area contributed by atoms with Gasteiger partial charge in [-0.25, -0.2) is 4.39 Å². The number of nitrogens with one attached hydrogen (secondary N) is 1. The quantitative estimate of drug-likeness (QED) is 0.619. The van der Waals surface area contributed by atoms with Crippen LogP contribution in [-0.4, -0.2) is 17.5 Å². The first-order valence-corrected chi connectivity index (χ1v) is 5.24. The Morgan fingerprint density at radius 3 is 3.06 bits per heavy atom. The summed E-state index contributed by atoms with van der Waals surface area (Å²) in [6, 6.07) is 4.53. The van der Waals surface area contributed by atoms with Gasteiger partial charge in [-0.15, -0.1) is 0 Å². The van der Waals surface area contributed by atoms with Crippen molar-refractivity contribution in [1.82, 2.24) is 0 Å². The molecule has 0 fully saturated rings. The molecule has 86 valence electrons. The number of nitrogens with zero attached hydrogens (tertiary/aromatic N) is 1. The summed E-state index contributed by atoms with van der Waals surface area (Å²) in [6.45, 7) is 1.85. The van der Waals surface area contributed by atoms with Crippen LogP contribution in [0.3, 0.4) is 0 Å². The van der Waals surface area contributed by atoms with E-state index in [2.05, 4.69) is 5.32 Å². The molecule has 0 amide bonds. The van der Waals surface area contributed by atoms with Crippen molar-refractivity contribution in [2.75, 3.05) is 11.9 Å². The summed E-state index contributed by atoms with van der Waals surface area (Å²) in [7, 11) is 0. The number of rotatable bonds is 2. The number of nitro groups is 1. The molecule has 2 rings (SSSR count). The molecular formula is C11H13FN2O2. The highest BCUT2D eigenvalue weighted by atomic mass is 19.1. The van der Waals surface area contributed by atoms with Crippen molar-refractivity contribution >= 4 is 5.69 Å². The van der Waals surface area contributed by atoms with Crippen LogP contribution in [-0.2, 0) is 0 Å². The Bertz CT molecular complexity index is 422. The van der Waals surface area contributed by atoms with Gasteiger partial charge in [0.25, 0.3) is 0 Å². The number of fused-ring (bicyclic) bond motifs is 1.